The van der Waals surface area contributed by atoms with Gasteiger partial charge in [0.2, 0.25) is 0 Å². The molecule has 1 heterocycles. The fraction of sp³-hybridized carbons (Fsp3) is 0.0370. The van der Waals surface area contributed by atoms with E-state index in [0.717, 1.165) is 67.0 Å². The number of nitriles is 2. The van der Waals surface area contributed by atoms with Crippen LogP contribution in [0.25, 0.3) is 49.0 Å². The molecule has 9 aromatic carbocycles. The normalized spacial score (nSPS) is 11.2. The van der Waals surface area contributed by atoms with Crippen molar-refractivity contribution in [3.8, 4) is 17.8 Å². The molecule has 0 aliphatic rings. The van der Waals surface area contributed by atoms with Crippen LogP contribution in [0.3, 0.4) is 0 Å². The first-order valence-corrected chi connectivity index (χ1v) is 19.7. The highest BCUT2D eigenvalue weighted by atomic mass is 15.1. The zero-order chi connectivity index (χ0) is 40.0. The SMILES string of the molecule is Cc1cccc(N(c2ccc(C#N)cc2)c2ccc3cc4c5ccc(N(c6ccc(C#N)cc6)c6cccc(C)c6)cc5n(-c5cccc6ccccc56)c4cc3c2)c1. The van der Waals surface area contributed by atoms with Gasteiger partial charge in [0, 0.05) is 50.3 Å². The Morgan fingerprint density at radius 1 is 0.373 bits per heavy atom. The molecule has 0 saturated carbocycles. The van der Waals surface area contributed by atoms with E-state index in [1.807, 2.05) is 48.5 Å². The average molecular weight is 756 g/mol. The van der Waals surface area contributed by atoms with E-state index in [0.29, 0.717) is 11.1 Å². The number of aromatic nitrogens is 1. The van der Waals surface area contributed by atoms with Gasteiger partial charge in [0.1, 0.15) is 0 Å². The molecule has 5 heteroatoms. The summed E-state index contributed by atoms with van der Waals surface area (Å²) in [6.07, 6.45) is 0. The highest BCUT2D eigenvalue weighted by molar-refractivity contribution is 6.15. The molecule has 0 unspecified atom stereocenters. The average Bonchev–Trinajstić information content (AvgIpc) is 3.58. The molecule has 0 radical (unpaired) electrons. The number of benzene rings is 9. The maximum absolute atomic E-state index is 9.61. The van der Waals surface area contributed by atoms with Crippen molar-refractivity contribution in [3.63, 3.8) is 0 Å². The van der Waals surface area contributed by atoms with E-state index in [-0.39, 0.29) is 0 Å². The predicted octanol–water partition coefficient (Wildman–Crippen LogP) is 14.4. The van der Waals surface area contributed by atoms with E-state index >= 15 is 0 Å². The van der Waals surface area contributed by atoms with Crippen LogP contribution in [0.5, 0.6) is 0 Å². The van der Waals surface area contributed by atoms with Crippen molar-refractivity contribution in [1.82, 2.24) is 4.57 Å². The second-order valence-electron chi connectivity index (χ2n) is 15.1. The first kappa shape index (κ1) is 35.3. The molecule has 10 rings (SSSR count). The third-order valence-electron chi connectivity index (χ3n) is 11.2. The number of hydrogen-bond acceptors (Lipinski definition) is 4. The quantitative estimate of drug-likeness (QED) is 0.162. The lowest BCUT2D eigenvalue weighted by Crippen LogP contribution is -2.10. The molecule has 0 N–H and O–H groups in total. The zero-order valence-corrected chi connectivity index (χ0v) is 32.6. The molecular formula is C54H37N5. The molecule has 0 bridgehead atoms. The van der Waals surface area contributed by atoms with Gasteiger partial charge in [0.05, 0.1) is 40.0 Å². The number of anilines is 6. The number of hydrogen-bond donors (Lipinski definition) is 0. The van der Waals surface area contributed by atoms with Crippen LogP contribution in [0.15, 0.2) is 188 Å². The molecular weight excluding hydrogens is 719 g/mol. The third kappa shape index (κ3) is 6.29. The Kier molecular flexibility index (Phi) is 8.63. The minimum Gasteiger partial charge on any atom is -0.310 e. The molecule has 0 fully saturated rings. The van der Waals surface area contributed by atoms with Crippen molar-refractivity contribution in [3.05, 3.63) is 210 Å². The predicted molar refractivity (Wildman–Crippen MR) is 244 cm³/mol. The Hall–Kier alpha value is -8.12. The molecule has 1 aromatic heterocycles. The first-order valence-electron chi connectivity index (χ1n) is 19.7. The van der Waals surface area contributed by atoms with Crippen molar-refractivity contribution in [2.24, 2.45) is 0 Å². The van der Waals surface area contributed by atoms with Crippen LogP contribution in [0.2, 0.25) is 0 Å². The Morgan fingerprint density at radius 3 is 1.53 bits per heavy atom. The summed E-state index contributed by atoms with van der Waals surface area (Å²) in [6.45, 7) is 4.22. The Labute approximate surface area is 343 Å². The summed E-state index contributed by atoms with van der Waals surface area (Å²) < 4.78 is 2.43. The summed E-state index contributed by atoms with van der Waals surface area (Å²) in [7, 11) is 0. The van der Waals surface area contributed by atoms with E-state index in [1.165, 1.54) is 27.3 Å². The topological polar surface area (TPSA) is 59.0 Å². The van der Waals surface area contributed by atoms with Crippen LogP contribution in [-0.2, 0) is 0 Å². The maximum Gasteiger partial charge on any atom is 0.0991 e. The van der Waals surface area contributed by atoms with Crippen LogP contribution < -0.4 is 9.80 Å². The number of nitrogens with zero attached hydrogens (tertiary/aromatic N) is 5. The van der Waals surface area contributed by atoms with E-state index < -0.39 is 0 Å². The molecule has 0 aliphatic carbocycles. The van der Waals surface area contributed by atoms with E-state index in [1.54, 1.807) is 0 Å². The van der Waals surface area contributed by atoms with E-state index in [4.69, 9.17) is 0 Å². The lowest BCUT2D eigenvalue weighted by atomic mass is 10.0. The standard InChI is InChI=1S/C54H37N5/c1-36-8-5-12-45(28-36)57(43-21-16-38(34-55)17-22-43)47-25-20-41-31-51-50-27-26-48(58(46-13-6-9-37(2)29-46)44-23-18-39(35-56)19-24-44)33-54(50)59(53(51)32-42(41)30-47)52-15-7-11-40-10-3-4-14-49(40)52/h3-33H,1-2H3. The summed E-state index contributed by atoms with van der Waals surface area (Å²) in [4.78, 5) is 4.53. The fourth-order valence-corrected chi connectivity index (χ4v) is 8.48. The van der Waals surface area contributed by atoms with Crippen LogP contribution in [-0.4, -0.2) is 4.57 Å². The van der Waals surface area contributed by atoms with Crippen molar-refractivity contribution in [2.45, 2.75) is 13.8 Å². The van der Waals surface area contributed by atoms with Crippen LogP contribution in [0.4, 0.5) is 34.1 Å². The Morgan fingerprint density at radius 2 is 0.898 bits per heavy atom. The van der Waals surface area contributed by atoms with Gasteiger partial charge in [-0.05, 0) is 156 Å². The first-order chi connectivity index (χ1) is 28.9. The number of fused-ring (bicyclic) bond motifs is 5. The largest absolute Gasteiger partial charge is 0.310 e. The van der Waals surface area contributed by atoms with Gasteiger partial charge >= 0.3 is 0 Å². The van der Waals surface area contributed by atoms with Crippen molar-refractivity contribution < 1.29 is 0 Å². The molecule has 10 aromatic rings. The van der Waals surface area contributed by atoms with Crippen molar-refractivity contribution in [1.29, 1.82) is 10.5 Å². The minimum atomic E-state index is 0.624. The van der Waals surface area contributed by atoms with Gasteiger partial charge in [0.25, 0.3) is 0 Å². The maximum atomic E-state index is 9.61. The molecule has 0 spiro atoms. The van der Waals surface area contributed by atoms with Gasteiger partial charge in [-0.1, -0.05) is 72.8 Å². The third-order valence-corrected chi connectivity index (χ3v) is 11.2. The molecule has 0 aliphatic heterocycles. The van der Waals surface area contributed by atoms with Crippen LogP contribution >= 0.6 is 0 Å². The highest BCUT2D eigenvalue weighted by Crippen LogP contribution is 2.43. The Bertz CT molecular complexity index is 3320. The molecule has 278 valence electrons. The summed E-state index contributed by atoms with van der Waals surface area (Å²) in [6, 6.07) is 70.4. The summed E-state index contributed by atoms with van der Waals surface area (Å²) in [5.74, 6) is 0. The second-order valence-corrected chi connectivity index (χ2v) is 15.1. The van der Waals surface area contributed by atoms with Gasteiger partial charge in [-0.3, -0.25) is 0 Å². The summed E-state index contributed by atoms with van der Waals surface area (Å²) in [5.41, 5.74) is 13.0. The van der Waals surface area contributed by atoms with Gasteiger partial charge in [0.15, 0.2) is 0 Å². The van der Waals surface area contributed by atoms with E-state index in [2.05, 4.69) is 180 Å². The van der Waals surface area contributed by atoms with Crippen molar-refractivity contribution >= 4 is 77.5 Å². The molecule has 5 nitrogen and oxygen atoms in total. The molecule has 0 atom stereocenters. The second kappa shape index (κ2) is 14.4. The van der Waals surface area contributed by atoms with E-state index in [9.17, 15) is 10.5 Å². The monoisotopic (exact) mass is 755 g/mol. The Balaban J connectivity index is 1.23. The fourth-order valence-electron chi connectivity index (χ4n) is 8.48. The summed E-state index contributed by atoms with van der Waals surface area (Å²) in [5, 5.41) is 26.1. The smallest absolute Gasteiger partial charge is 0.0991 e. The van der Waals surface area contributed by atoms with Crippen LogP contribution in [0.1, 0.15) is 22.3 Å². The van der Waals surface area contributed by atoms with Crippen molar-refractivity contribution in [2.75, 3.05) is 9.80 Å². The van der Waals surface area contributed by atoms with Gasteiger partial charge in [-0.25, -0.2) is 0 Å². The number of aryl methyl sites for hydroxylation is 2. The highest BCUT2D eigenvalue weighted by Gasteiger charge is 2.20. The molecule has 0 amide bonds. The zero-order valence-electron chi connectivity index (χ0n) is 32.6. The molecule has 59 heavy (non-hydrogen) atoms. The van der Waals surface area contributed by atoms with Gasteiger partial charge in [-0.2, -0.15) is 10.5 Å². The minimum absolute atomic E-state index is 0.624. The van der Waals surface area contributed by atoms with Gasteiger partial charge < -0.3 is 14.4 Å². The van der Waals surface area contributed by atoms with Gasteiger partial charge in [-0.15, -0.1) is 0 Å². The number of rotatable bonds is 7. The summed E-state index contributed by atoms with van der Waals surface area (Å²) >= 11 is 0. The van der Waals surface area contributed by atoms with Crippen LogP contribution in [0, 0.1) is 36.5 Å². The lowest BCUT2D eigenvalue weighted by Gasteiger charge is -2.26. The molecule has 0 saturated heterocycles. The lowest BCUT2D eigenvalue weighted by molar-refractivity contribution is 1.19.